The van der Waals surface area contributed by atoms with E-state index in [0.29, 0.717) is 12.1 Å². The summed E-state index contributed by atoms with van der Waals surface area (Å²) in [5.74, 6) is -0.725. The van der Waals surface area contributed by atoms with Gasteiger partial charge in [0.05, 0.1) is 12.1 Å². The van der Waals surface area contributed by atoms with Gasteiger partial charge in [0.2, 0.25) is 0 Å². The number of carbonyl (C=O) groups is 2. The number of nitrogens with one attached hydrogen (secondary N) is 1. The fourth-order valence-electron chi connectivity index (χ4n) is 1.65. The van der Waals surface area contributed by atoms with E-state index in [9.17, 15) is 9.59 Å². The summed E-state index contributed by atoms with van der Waals surface area (Å²) in [5.41, 5.74) is 0.650. The second kappa shape index (κ2) is 7.95. The van der Waals surface area contributed by atoms with Crippen molar-refractivity contribution in [3.05, 3.63) is 51.1 Å². The van der Waals surface area contributed by atoms with Gasteiger partial charge >= 0.3 is 5.97 Å². The number of esters is 1. The smallest absolute Gasteiger partial charge is 0.306 e. The Hall–Kier alpha value is -1.66. The van der Waals surface area contributed by atoms with Crippen LogP contribution in [0.25, 0.3) is 0 Å². The first-order chi connectivity index (χ1) is 10.1. The molecule has 110 valence electrons. The number of hydrogen-bond acceptors (Lipinski definition) is 4. The number of hydrogen-bond donors (Lipinski definition) is 1. The Balaban J connectivity index is 1.71. The van der Waals surface area contributed by atoms with Crippen molar-refractivity contribution in [3.8, 4) is 0 Å². The van der Waals surface area contributed by atoms with Crippen LogP contribution in [0.2, 0.25) is 0 Å². The molecule has 0 saturated carbocycles. The lowest BCUT2D eigenvalue weighted by atomic mass is 10.3. The lowest BCUT2D eigenvalue weighted by Crippen LogP contribution is -2.21. The van der Waals surface area contributed by atoms with Crippen LogP contribution in [0, 0.1) is 0 Å². The van der Waals surface area contributed by atoms with Crippen LogP contribution < -0.4 is 5.32 Å². The second-order valence-corrected chi connectivity index (χ2v) is 6.15. The number of amides is 1. The highest BCUT2D eigenvalue weighted by Crippen LogP contribution is 2.20. The number of thiophene rings is 1. The molecule has 1 amide bonds. The van der Waals surface area contributed by atoms with Crippen molar-refractivity contribution in [2.75, 3.05) is 11.9 Å². The lowest BCUT2D eigenvalue weighted by molar-refractivity contribution is -0.147. The van der Waals surface area contributed by atoms with Crippen LogP contribution >= 0.6 is 27.3 Å². The van der Waals surface area contributed by atoms with Crippen LogP contribution in [0.15, 0.2) is 46.3 Å². The molecule has 0 radical (unpaired) electrons. The van der Waals surface area contributed by atoms with Gasteiger partial charge in [0.25, 0.3) is 5.91 Å². The summed E-state index contributed by atoms with van der Waals surface area (Å²) in [6, 6.07) is 11.2. The average Bonchev–Trinajstić information content (AvgIpc) is 2.99. The van der Waals surface area contributed by atoms with Crippen molar-refractivity contribution in [3.63, 3.8) is 0 Å². The average molecular weight is 368 g/mol. The molecule has 1 aromatic carbocycles. The minimum Gasteiger partial charge on any atom is -0.456 e. The number of ether oxygens (including phenoxy) is 1. The maximum atomic E-state index is 11.7. The molecule has 4 nitrogen and oxygen atoms in total. The van der Waals surface area contributed by atoms with Crippen molar-refractivity contribution in [1.29, 1.82) is 0 Å². The zero-order valence-corrected chi connectivity index (χ0v) is 13.6. The highest BCUT2D eigenvalue weighted by atomic mass is 79.9. The van der Waals surface area contributed by atoms with Gasteiger partial charge in [-0.2, -0.15) is 0 Å². The van der Waals surface area contributed by atoms with E-state index in [1.807, 2.05) is 35.7 Å². The van der Waals surface area contributed by atoms with Gasteiger partial charge in [-0.05, 0) is 45.9 Å². The van der Waals surface area contributed by atoms with Crippen LogP contribution in [0.3, 0.4) is 0 Å². The Labute approximate surface area is 135 Å². The molecule has 0 aliphatic rings. The minimum absolute atomic E-state index is 0.273. The molecule has 0 aliphatic heterocycles. The number of carbonyl (C=O) groups excluding carboxylic acids is 2. The van der Waals surface area contributed by atoms with Gasteiger partial charge in [-0.25, -0.2) is 0 Å². The Morgan fingerprint density at radius 3 is 2.71 bits per heavy atom. The molecule has 2 aromatic rings. The Morgan fingerprint density at radius 2 is 2.00 bits per heavy atom. The van der Waals surface area contributed by atoms with E-state index in [2.05, 4.69) is 21.2 Å². The quantitative estimate of drug-likeness (QED) is 0.793. The molecule has 21 heavy (non-hydrogen) atoms. The first-order valence-electron chi connectivity index (χ1n) is 6.37. The largest absolute Gasteiger partial charge is 0.456 e. The van der Waals surface area contributed by atoms with Gasteiger partial charge in [0.1, 0.15) is 0 Å². The highest BCUT2D eigenvalue weighted by molar-refractivity contribution is 9.10. The third-order valence-corrected chi connectivity index (χ3v) is 4.30. The number of halogens is 1. The van der Waals surface area contributed by atoms with E-state index in [-0.39, 0.29) is 24.9 Å². The van der Waals surface area contributed by atoms with E-state index in [0.717, 1.165) is 9.35 Å². The summed E-state index contributed by atoms with van der Waals surface area (Å²) in [4.78, 5) is 24.4. The number of rotatable bonds is 6. The van der Waals surface area contributed by atoms with Crippen LogP contribution in [-0.2, 0) is 20.7 Å². The van der Waals surface area contributed by atoms with Crippen LogP contribution in [0.5, 0.6) is 0 Å². The zero-order valence-electron chi connectivity index (χ0n) is 11.2. The SMILES string of the molecule is O=C(COC(=O)CCc1cccs1)Nc1ccccc1Br. The third kappa shape index (κ3) is 5.32. The standard InChI is InChI=1S/C15H14BrNO3S/c16-12-5-1-2-6-13(12)17-14(18)10-20-15(19)8-7-11-4-3-9-21-11/h1-6,9H,7-8,10H2,(H,17,18). The molecule has 0 saturated heterocycles. The summed E-state index contributed by atoms with van der Waals surface area (Å²) < 4.78 is 5.73. The molecule has 6 heteroatoms. The van der Waals surface area contributed by atoms with Gasteiger partial charge in [0, 0.05) is 9.35 Å². The van der Waals surface area contributed by atoms with Gasteiger partial charge in [-0.3, -0.25) is 9.59 Å². The molecule has 0 aliphatic carbocycles. The Kier molecular flexibility index (Phi) is 5.95. The van der Waals surface area contributed by atoms with Crippen molar-refractivity contribution >= 4 is 44.8 Å². The molecular formula is C15H14BrNO3S. The van der Waals surface area contributed by atoms with Crippen LogP contribution in [0.4, 0.5) is 5.69 Å². The maximum absolute atomic E-state index is 11.7. The molecule has 1 N–H and O–H groups in total. The Bertz CT molecular complexity index is 613. The van der Waals surface area contributed by atoms with E-state index in [1.54, 1.807) is 17.4 Å². The van der Waals surface area contributed by atoms with Crippen molar-refractivity contribution < 1.29 is 14.3 Å². The number of benzene rings is 1. The minimum atomic E-state index is -0.370. The Morgan fingerprint density at radius 1 is 1.19 bits per heavy atom. The normalized spacial score (nSPS) is 10.1. The molecule has 0 bridgehead atoms. The highest BCUT2D eigenvalue weighted by Gasteiger charge is 2.09. The molecule has 0 unspecified atom stereocenters. The molecule has 1 aromatic heterocycles. The molecule has 0 fully saturated rings. The molecule has 1 heterocycles. The maximum Gasteiger partial charge on any atom is 0.306 e. The number of para-hydroxylation sites is 1. The van der Waals surface area contributed by atoms with E-state index in [4.69, 9.17) is 4.74 Å². The van der Waals surface area contributed by atoms with Crippen LogP contribution in [0.1, 0.15) is 11.3 Å². The van der Waals surface area contributed by atoms with Gasteiger partial charge in [0.15, 0.2) is 6.61 Å². The first kappa shape index (κ1) is 15.7. The first-order valence-corrected chi connectivity index (χ1v) is 8.05. The summed E-state index contributed by atoms with van der Waals surface area (Å²) in [6.45, 7) is -0.273. The number of anilines is 1. The predicted octanol–water partition coefficient (Wildman–Crippen LogP) is 3.63. The van der Waals surface area contributed by atoms with Crippen molar-refractivity contribution in [2.45, 2.75) is 12.8 Å². The summed E-state index contributed by atoms with van der Waals surface area (Å²) in [5, 5.41) is 4.64. The molecular weight excluding hydrogens is 354 g/mol. The van der Waals surface area contributed by atoms with Gasteiger partial charge in [-0.15, -0.1) is 11.3 Å². The number of aryl methyl sites for hydroxylation is 1. The lowest BCUT2D eigenvalue weighted by Gasteiger charge is -2.07. The summed E-state index contributed by atoms with van der Waals surface area (Å²) in [6.07, 6.45) is 0.922. The zero-order chi connectivity index (χ0) is 15.1. The van der Waals surface area contributed by atoms with E-state index < -0.39 is 0 Å². The van der Waals surface area contributed by atoms with E-state index >= 15 is 0 Å². The molecule has 0 spiro atoms. The summed E-state index contributed by atoms with van der Waals surface area (Å²) in [7, 11) is 0. The second-order valence-electron chi connectivity index (χ2n) is 4.27. The third-order valence-electron chi connectivity index (χ3n) is 2.67. The van der Waals surface area contributed by atoms with Gasteiger partial charge < -0.3 is 10.1 Å². The molecule has 0 atom stereocenters. The van der Waals surface area contributed by atoms with Crippen LogP contribution in [-0.4, -0.2) is 18.5 Å². The topological polar surface area (TPSA) is 55.4 Å². The van der Waals surface area contributed by atoms with E-state index in [1.165, 1.54) is 0 Å². The molecule has 2 rings (SSSR count). The fraction of sp³-hybridized carbons (Fsp3) is 0.200. The summed E-state index contributed by atoms with van der Waals surface area (Å²) >= 11 is 4.93. The van der Waals surface area contributed by atoms with Crippen molar-refractivity contribution in [2.24, 2.45) is 0 Å². The van der Waals surface area contributed by atoms with Crippen molar-refractivity contribution in [1.82, 2.24) is 0 Å². The monoisotopic (exact) mass is 367 g/mol. The predicted molar refractivity (Wildman–Crippen MR) is 86.4 cm³/mol. The fourth-order valence-corrected chi connectivity index (χ4v) is 2.74. The van der Waals surface area contributed by atoms with Gasteiger partial charge in [-0.1, -0.05) is 18.2 Å².